The molecule has 3 amide bonds. The second-order valence-corrected chi connectivity index (χ2v) is 12.6. The van der Waals surface area contributed by atoms with Crippen LogP contribution >= 0.6 is 0 Å². The SMILES string of the molecule is COc1ccc(CN2C(=O)CCN(c3ccc(N4CCC(N5CCC(c6ccc([N+](=O)[O-])cc6)CC5)C(F)(F)C4)cc3C)C2=O)cc1. The lowest BCUT2D eigenvalue weighted by Gasteiger charge is -2.46. The first kappa shape index (κ1) is 32.4. The maximum Gasteiger partial charge on any atom is 0.331 e. The third-order valence-corrected chi connectivity index (χ3v) is 9.76. The molecular weight excluding hydrogens is 608 g/mol. The minimum Gasteiger partial charge on any atom is -0.497 e. The van der Waals surface area contributed by atoms with Gasteiger partial charge < -0.3 is 9.64 Å². The Hall–Kier alpha value is -4.58. The van der Waals surface area contributed by atoms with E-state index in [1.807, 2.05) is 30.0 Å². The third kappa shape index (κ3) is 6.78. The molecule has 0 N–H and O–H groups in total. The van der Waals surface area contributed by atoms with E-state index in [2.05, 4.69) is 0 Å². The van der Waals surface area contributed by atoms with E-state index in [9.17, 15) is 19.7 Å². The smallest absolute Gasteiger partial charge is 0.331 e. The highest BCUT2D eigenvalue weighted by molar-refractivity contribution is 6.06. The van der Waals surface area contributed by atoms with Gasteiger partial charge in [-0.1, -0.05) is 24.3 Å². The van der Waals surface area contributed by atoms with Crippen LogP contribution in [0.3, 0.4) is 0 Å². The van der Waals surface area contributed by atoms with Gasteiger partial charge in [-0.2, -0.15) is 0 Å². The molecule has 1 atom stereocenters. The van der Waals surface area contributed by atoms with Crippen molar-refractivity contribution in [2.45, 2.75) is 57.0 Å². The lowest BCUT2D eigenvalue weighted by molar-refractivity contribution is -0.384. The van der Waals surface area contributed by atoms with Gasteiger partial charge in [0.25, 0.3) is 11.6 Å². The van der Waals surface area contributed by atoms with E-state index in [0.717, 1.165) is 29.5 Å². The zero-order chi connectivity index (χ0) is 33.3. The number of non-ortho nitro benzene ring substituents is 1. The molecule has 3 fully saturated rings. The summed E-state index contributed by atoms with van der Waals surface area (Å²) >= 11 is 0. The molecule has 3 aliphatic rings. The van der Waals surface area contributed by atoms with Crippen molar-refractivity contribution in [3.8, 4) is 5.75 Å². The number of aryl methyl sites for hydroxylation is 1. The van der Waals surface area contributed by atoms with E-state index in [0.29, 0.717) is 43.2 Å². The number of benzene rings is 3. The van der Waals surface area contributed by atoms with Crippen molar-refractivity contribution in [1.29, 1.82) is 0 Å². The molecule has 10 nitrogen and oxygen atoms in total. The summed E-state index contributed by atoms with van der Waals surface area (Å²) in [5, 5.41) is 11.0. The molecule has 248 valence electrons. The van der Waals surface area contributed by atoms with E-state index in [1.165, 1.54) is 17.0 Å². The quantitative estimate of drug-likeness (QED) is 0.207. The fourth-order valence-electron chi connectivity index (χ4n) is 7.13. The number of hydrogen-bond acceptors (Lipinski definition) is 7. The highest BCUT2D eigenvalue weighted by atomic mass is 19.3. The molecule has 6 rings (SSSR count). The Bertz CT molecular complexity index is 1630. The number of nitro groups is 1. The van der Waals surface area contributed by atoms with Crippen LogP contribution in [0.15, 0.2) is 66.7 Å². The number of imide groups is 1. The number of amides is 3. The number of likely N-dealkylation sites (tertiary alicyclic amines) is 1. The Kier molecular flexibility index (Phi) is 9.14. The molecule has 12 heteroatoms. The van der Waals surface area contributed by atoms with Crippen molar-refractivity contribution in [3.05, 3.63) is 93.5 Å². The molecule has 0 spiro atoms. The minimum absolute atomic E-state index is 0.0475. The Morgan fingerprint density at radius 2 is 1.64 bits per heavy atom. The van der Waals surface area contributed by atoms with Gasteiger partial charge >= 0.3 is 6.03 Å². The summed E-state index contributed by atoms with van der Waals surface area (Å²) in [5.41, 5.74) is 3.97. The van der Waals surface area contributed by atoms with E-state index in [1.54, 1.807) is 53.3 Å². The Balaban J connectivity index is 1.08. The zero-order valence-corrected chi connectivity index (χ0v) is 26.6. The molecule has 0 radical (unpaired) electrons. The first-order valence-corrected chi connectivity index (χ1v) is 16.0. The first-order chi connectivity index (χ1) is 22.5. The maximum absolute atomic E-state index is 15.7. The first-order valence-electron chi connectivity index (χ1n) is 16.0. The largest absolute Gasteiger partial charge is 0.497 e. The van der Waals surface area contributed by atoms with Crippen LogP contribution in [0, 0.1) is 17.0 Å². The maximum atomic E-state index is 15.7. The number of anilines is 2. The van der Waals surface area contributed by atoms with Crippen LogP contribution in [0.1, 0.15) is 48.3 Å². The molecule has 3 heterocycles. The average Bonchev–Trinajstić information content (AvgIpc) is 3.07. The summed E-state index contributed by atoms with van der Waals surface area (Å²) < 4.78 is 36.6. The number of carbonyl (C=O) groups excluding carboxylic acids is 2. The number of nitrogens with zero attached hydrogens (tertiary/aromatic N) is 5. The molecule has 3 aromatic carbocycles. The summed E-state index contributed by atoms with van der Waals surface area (Å²) in [6.07, 6.45) is 1.97. The van der Waals surface area contributed by atoms with E-state index in [-0.39, 0.29) is 37.0 Å². The summed E-state index contributed by atoms with van der Waals surface area (Å²) in [6, 6.07) is 17.9. The Morgan fingerprint density at radius 1 is 0.936 bits per heavy atom. The number of carbonyl (C=O) groups is 2. The number of alkyl halides is 2. The topological polar surface area (TPSA) is 99.5 Å². The lowest BCUT2D eigenvalue weighted by Crippen LogP contribution is -2.59. The van der Waals surface area contributed by atoms with Gasteiger partial charge in [0, 0.05) is 43.0 Å². The van der Waals surface area contributed by atoms with E-state index >= 15 is 8.78 Å². The van der Waals surface area contributed by atoms with Crippen LogP contribution in [0.5, 0.6) is 5.75 Å². The number of rotatable bonds is 8. The molecule has 0 saturated carbocycles. The molecule has 0 bridgehead atoms. The second-order valence-electron chi connectivity index (χ2n) is 12.6. The normalized spacial score (nSPS) is 20.9. The van der Waals surface area contributed by atoms with Gasteiger partial charge in [-0.15, -0.1) is 0 Å². The van der Waals surface area contributed by atoms with Crippen molar-refractivity contribution in [3.63, 3.8) is 0 Å². The van der Waals surface area contributed by atoms with Crippen molar-refractivity contribution < 1.29 is 28.0 Å². The monoisotopic (exact) mass is 647 g/mol. The summed E-state index contributed by atoms with van der Waals surface area (Å²) in [5.74, 6) is -2.28. The number of halogens is 2. The molecular formula is C35H39F2N5O5. The van der Waals surface area contributed by atoms with Gasteiger partial charge in [0.1, 0.15) is 5.75 Å². The molecule has 47 heavy (non-hydrogen) atoms. The standard InChI is InChI=1S/C35H39F2N5O5/c1-24-21-29(9-12-31(24)40-20-16-33(43)41(34(40)44)22-25-3-10-30(47-2)11-4-25)39-19-15-32(35(36,37)23-39)38-17-13-27(14-18-38)26-5-7-28(8-6-26)42(45)46/h3-12,21,27,32H,13-20,22-23H2,1-2H3. The molecule has 3 aliphatic heterocycles. The number of methoxy groups -OCH3 is 1. The number of nitro benzene ring substituents is 1. The minimum atomic E-state index is -2.92. The number of ether oxygens (including phenoxy) is 1. The van der Waals surface area contributed by atoms with Crippen molar-refractivity contribution in [2.75, 3.05) is 49.6 Å². The van der Waals surface area contributed by atoms with E-state index in [4.69, 9.17) is 4.74 Å². The fraction of sp³-hybridized carbons (Fsp3) is 0.429. The predicted molar refractivity (Wildman–Crippen MR) is 174 cm³/mol. The molecule has 3 aromatic rings. The highest BCUT2D eigenvalue weighted by Gasteiger charge is 2.48. The Morgan fingerprint density at radius 3 is 2.26 bits per heavy atom. The van der Waals surface area contributed by atoms with Crippen LogP contribution < -0.4 is 14.5 Å². The van der Waals surface area contributed by atoms with Crippen molar-refractivity contribution in [2.24, 2.45) is 0 Å². The van der Waals surface area contributed by atoms with Gasteiger partial charge in [-0.25, -0.2) is 13.6 Å². The predicted octanol–water partition coefficient (Wildman–Crippen LogP) is 6.36. The molecule has 3 saturated heterocycles. The van der Waals surface area contributed by atoms with Crippen molar-refractivity contribution >= 4 is 29.0 Å². The molecule has 0 aromatic heterocycles. The second kappa shape index (κ2) is 13.3. The van der Waals surface area contributed by atoms with Crippen LogP contribution in [0.25, 0.3) is 0 Å². The van der Waals surface area contributed by atoms with Crippen LogP contribution in [-0.4, -0.2) is 78.5 Å². The van der Waals surface area contributed by atoms with Gasteiger partial charge in [0.2, 0.25) is 5.91 Å². The third-order valence-electron chi connectivity index (χ3n) is 9.76. The van der Waals surface area contributed by atoms with Gasteiger partial charge in [-0.05, 0) is 92.2 Å². The van der Waals surface area contributed by atoms with Crippen LogP contribution in [0.4, 0.5) is 30.6 Å². The highest BCUT2D eigenvalue weighted by Crippen LogP contribution is 2.38. The molecule has 1 unspecified atom stereocenters. The van der Waals surface area contributed by atoms with Gasteiger partial charge in [-0.3, -0.25) is 29.6 Å². The van der Waals surface area contributed by atoms with Gasteiger partial charge in [0.15, 0.2) is 0 Å². The van der Waals surface area contributed by atoms with Crippen LogP contribution in [0.2, 0.25) is 0 Å². The average molecular weight is 648 g/mol. The summed E-state index contributed by atoms with van der Waals surface area (Å²) in [4.78, 5) is 43.2. The number of piperidine rings is 2. The summed E-state index contributed by atoms with van der Waals surface area (Å²) in [6.45, 7) is 3.44. The number of hydrogen-bond donors (Lipinski definition) is 0. The zero-order valence-electron chi connectivity index (χ0n) is 26.6. The summed E-state index contributed by atoms with van der Waals surface area (Å²) in [7, 11) is 1.57. The van der Waals surface area contributed by atoms with Crippen LogP contribution in [-0.2, 0) is 11.3 Å². The fourth-order valence-corrected chi connectivity index (χ4v) is 7.13. The number of urea groups is 1. The van der Waals surface area contributed by atoms with Gasteiger partial charge in [0.05, 0.1) is 31.2 Å². The van der Waals surface area contributed by atoms with E-state index < -0.39 is 29.5 Å². The van der Waals surface area contributed by atoms with Crippen molar-refractivity contribution in [1.82, 2.24) is 9.80 Å². The molecule has 0 aliphatic carbocycles. The lowest BCUT2D eigenvalue weighted by atomic mass is 9.87. The Labute approximate surface area is 272 Å².